The van der Waals surface area contributed by atoms with Crippen molar-refractivity contribution < 1.29 is 13.2 Å². The van der Waals surface area contributed by atoms with E-state index >= 15 is 0 Å². The Labute approximate surface area is 124 Å². The van der Waals surface area contributed by atoms with E-state index in [1.165, 1.54) is 12.1 Å². The Bertz CT molecular complexity index is 786. The lowest BCUT2D eigenvalue weighted by Crippen LogP contribution is -2.30. The molecule has 96 valence electrons. The van der Waals surface area contributed by atoms with E-state index in [4.69, 9.17) is 0 Å². The Kier molecular flexibility index (Phi) is 2.86. The highest BCUT2D eigenvalue weighted by atomic mass is 127. The highest BCUT2D eigenvalue weighted by Gasteiger charge is 2.42. The van der Waals surface area contributed by atoms with Crippen molar-refractivity contribution in [1.82, 2.24) is 0 Å². The number of anilines is 1. The van der Waals surface area contributed by atoms with Crippen molar-refractivity contribution in [2.45, 2.75) is 4.90 Å². The van der Waals surface area contributed by atoms with Gasteiger partial charge in [-0.05, 0) is 46.9 Å². The van der Waals surface area contributed by atoms with Crippen LogP contribution in [0.4, 0.5) is 5.69 Å². The van der Waals surface area contributed by atoms with E-state index in [2.05, 4.69) is 0 Å². The van der Waals surface area contributed by atoms with Gasteiger partial charge in [0.05, 0.1) is 11.3 Å². The number of nitrogens with zero attached hydrogens (tertiary/aromatic N) is 1. The van der Waals surface area contributed by atoms with Gasteiger partial charge in [-0.2, -0.15) is 4.31 Å². The number of hydrogen-bond donors (Lipinski definition) is 0. The summed E-state index contributed by atoms with van der Waals surface area (Å²) in [4.78, 5) is 12.4. The molecule has 0 saturated carbocycles. The first-order valence-electron chi connectivity index (χ1n) is 5.47. The smallest absolute Gasteiger partial charge is 0.268 e. The summed E-state index contributed by atoms with van der Waals surface area (Å²) in [5, 5.41) is 0. The number of sulfonamides is 1. The van der Waals surface area contributed by atoms with Gasteiger partial charge in [-0.25, -0.2) is 8.42 Å². The van der Waals surface area contributed by atoms with Gasteiger partial charge in [-0.15, -0.1) is 0 Å². The summed E-state index contributed by atoms with van der Waals surface area (Å²) in [6.45, 7) is 0. The number of benzene rings is 2. The number of carbonyl (C=O) groups is 1. The third kappa shape index (κ3) is 1.78. The molecule has 0 atom stereocenters. The predicted octanol–water partition coefficient (Wildman–Crippen LogP) is 2.64. The quantitative estimate of drug-likeness (QED) is 0.710. The lowest BCUT2D eigenvalue weighted by molar-refractivity contribution is 0.101. The Hall–Kier alpha value is -1.41. The number of carbonyl (C=O) groups excluding carboxylic acids is 1. The molecule has 2 aromatic rings. The zero-order valence-corrected chi connectivity index (χ0v) is 12.6. The van der Waals surface area contributed by atoms with Crippen LogP contribution in [0.25, 0.3) is 0 Å². The van der Waals surface area contributed by atoms with Gasteiger partial charge < -0.3 is 0 Å². The molecule has 0 aliphatic carbocycles. The molecule has 1 aliphatic heterocycles. The van der Waals surface area contributed by atoms with Gasteiger partial charge in [0.2, 0.25) is 0 Å². The zero-order chi connectivity index (χ0) is 13.6. The SMILES string of the molecule is O=C1c2ccccc2S(=O)(=O)N1c1ccccc1I. The number of hydrogen-bond acceptors (Lipinski definition) is 3. The van der Waals surface area contributed by atoms with E-state index in [1.807, 2.05) is 22.6 Å². The highest BCUT2D eigenvalue weighted by Crippen LogP contribution is 2.36. The van der Waals surface area contributed by atoms with Crippen molar-refractivity contribution in [3.8, 4) is 0 Å². The van der Waals surface area contributed by atoms with Gasteiger partial charge in [0.25, 0.3) is 15.9 Å². The fraction of sp³-hybridized carbons (Fsp3) is 0. The summed E-state index contributed by atoms with van der Waals surface area (Å²) in [5.41, 5.74) is 0.617. The summed E-state index contributed by atoms with van der Waals surface area (Å²) in [6.07, 6.45) is 0. The van der Waals surface area contributed by atoms with Gasteiger partial charge >= 0.3 is 0 Å². The minimum absolute atomic E-state index is 0.0691. The van der Waals surface area contributed by atoms with Crippen molar-refractivity contribution in [3.63, 3.8) is 0 Å². The molecule has 0 radical (unpaired) electrons. The van der Waals surface area contributed by atoms with Crippen LogP contribution in [-0.4, -0.2) is 14.3 Å². The van der Waals surface area contributed by atoms with Gasteiger partial charge in [0.15, 0.2) is 0 Å². The second-order valence-electron chi connectivity index (χ2n) is 4.02. The maximum absolute atomic E-state index is 12.4. The molecular weight excluding hydrogens is 377 g/mol. The summed E-state index contributed by atoms with van der Waals surface area (Å²) in [7, 11) is -3.79. The van der Waals surface area contributed by atoms with Crippen molar-refractivity contribution in [3.05, 3.63) is 57.7 Å². The minimum Gasteiger partial charge on any atom is -0.268 e. The lowest BCUT2D eigenvalue weighted by atomic mass is 10.2. The van der Waals surface area contributed by atoms with Crippen LogP contribution in [0.5, 0.6) is 0 Å². The van der Waals surface area contributed by atoms with Crippen LogP contribution in [0.15, 0.2) is 53.4 Å². The molecule has 0 spiro atoms. The topological polar surface area (TPSA) is 54.5 Å². The van der Waals surface area contributed by atoms with E-state index in [9.17, 15) is 13.2 Å². The first-order valence-corrected chi connectivity index (χ1v) is 7.98. The third-order valence-corrected chi connectivity index (χ3v) is 5.56. The number of fused-ring (bicyclic) bond motifs is 1. The van der Waals surface area contributed by atoms with Crippen LogP contribution in [0.2, 0.25) is 0 Å². The maximum atomic E-state index is 12.4. The largest absolute Gasteiger partial charge is 0.273 e. The van der Waals surface area contributed by atoms with Crippen LogP contribution < -0.4 is 4.31 Å². The molecule has 4 nitrogen and oxygen atoms in total. The molecule has 1 aliphatic rings. The second-order valence-corrected chi connectivity index (χ2v) is 6.94. The lowest BCUT2D eigenvalue weighted by Gasteiger charge is -2.16. The summed E-state index contributed by atoms with van der Waals surface area (Å²) in [5.74, 6) is -0.500. The predicted molar refractivity (Wildman–Crippen MR) is 79.6 cm³/mol. The standard InChI is InChI=1S/C13H8INO3S/c14-10-6-2-3-7-11(10)15-13(16)9-5-1-4-8-12(9)19(15,17)18/h1-8H. The van der Waals surface area contributed by atoms with Crippen LogP contribution in [0.1, 0.15) is 10.4 Å². The van der Waals surface area contributed by atoms with Crippen LogP contribution >= 0.6 is 22.6 Å². The van der Waals surface area contributed by atoms with Crippen molar-refractivity contribution in [1.29, 1.82) is 0 Å². The summed E-state index contributed by atoms with van der Waals surface area (Å²) < 4.78 is 26.5. The summed E-state index contributed by atoms with van der Waals surface area (Å²) in [6, 6.07) is 13.2. The minimum atomic E-state index is -3.79. The molecule has 1 heterocycles. The van der Waals surface area contributed by atoms with E-state index < -0.39 is 15.9 Å². The Morgan fingerprint density at radius 3 is 2.26 bits per heavy atom. The number of para-hydroxylation sites is 1. The van der Waals surface area contributed by atoms with E-state index in [0.29, 0.717) is 9.26 Å². The molecule has 0 fully saturated rings. The fourth-order valence-electron chi connectivity index (χ4n) is 2.04. The average molecular weight is 385 g/mol. The Morgan fingerprint density at radius 2 is 1.58 bits per heavy atom. The van der Waals surface area contributed by atoms with Crippen molar-refractivity contribution >= 4 is 44.2 Å². The molecule has 3 rings (SSSR count). The van der Waals surface area contributed by atoms with Crippen molar-refractivity contribution in [2.24, 2.45) is 0 Å². The number of rotatable bonds is 1. The first kappa shape index (κ1) is 12.6. The molecule has 6 heteroatoms. The van der Waals surface area contributed by atoms with Gasteiger partial charge in [-0.1, -0.05) is 24.3 Å². The van der Waals surface area contributed by atoms with E-state index in [1.54, 1.807) is 36.4 Å². The number of halogens is 1. The normalized spacial score (nSPS) is 16.5. The monoisotopic (exact) mass is 385 g/mol. The molecule has 0 saturated heterocycles. The third-order valence-electron chi connectivity index (χ3n) is 2.89. The van der Waals surface area contributed by atoms with Crippen LogP contribution in [0.3, 0.4) is 0 Å². The van der Waals surface area contributed by atoms with Crippen molar-refractivity contribution in [2.75, 3.05) is 4.31 Å². The molecular formula is C13H8INO3S. The molecule has 0 N–H and O–H groups in total. The van der Waals surface area contributed by atoms with Gasteiger partial charge in [0, 0.05) is 3.57 Å². The van der Waals surface area contributed by atoms with Gasteiger partial charge in [0.1, 0.15) is 4.90 Å². The molecule has 0 bridgehead atoms. The zero-order valence-electron chi connectivity index (χ0n) is 9.58. The Morgan fingerprint density at radius 1 is 0.947 bits per heavy atom. The van der Waals surface area contributed by atoms with E-state index in [0.717, 1.165) is 4.31 Å². The number of amides is 1. The highest BCUT2D eigenvalue weighted by molar-refractivity contribution is 14.1. The van der Waals surface area contributed by atoms with Crippen LogP contribution in [0, 0.1) is 3.57 Å². The average Bonchev–Trinajstić information content (AvgIpc) is 2.60. The van der Waals surface area contributed by atoms with Gasteiger partial charge in [-0.3, -0.25) is 4.79 Å². The molecule has 1 amide bonds. The fourth-order valence-corrected chi connectivity index (χ4v) is 4.45. The molecule has 0 unspecified atom stereocenters. The van der Waals surface area contributed by atoms with E-state index in [-0.39, 0.29) is 10.5 Å². The first-order chi connectivity index (χ1) is 9.03. The Balaban J connectivity index is 2.28. The van der Waals surface area contributed by atoms with Crippen LogP contribution in [-0.2, 0) is 10.0 Å². The summed E-state index contributed by atoms with van der Waals surface area (Å²) >= 11 is 2.02. The molecule has 19 heavy (non-hydrogen) atoms. The molecule has 2 aromatic carbocycles. The maximum Gasteiger partial charge on any atom is 0.273 e. The second kappa shape index (κ2) is 4.31. The molecule has 0 aromatic heterocycles.